The average molecular weight is 283 g/mol. The third kappa shape index (κ3) is 3.33. The third-order valence-electron chi connectivity index (χ3n) is 3.05. The highest BCUT2D eigenvalue weighted by atomic mass is 35.5. The summed E-state index contributed by atoms with van der Waals surface area (Å²) in [6.07, 6.45) is 3.50. The van der Waals surface area contributed by atoms with Gasteiger partial charge in [-0.2, -0.15) is 0 Å². The number of rotatable bonds is 5. The number of nitrogens with zero attached hydrogens (tertiary/aromatic N) is 2. The van der Waals surface area contributed by atoms with Gasteiger partial charge in [-0.25, -0.2) is 9.37 Å². The van der Waals surface area contributed by atoms with Crippen molar-refractivity contribution in [3.05, 3.63) is 52.8 Å². The highest BCUT2D eigenvalue weighted by Crippen LogP contribution is 2.19. The van der Waals surface area contributed by atoms with Crippen LogP contribution in [0, 0.1) is 5.82 Å². The lowest BCUT2D eigenvalue weighted by Gasteiger charge is -2.12. The Kier molecular flexibility index (Phi) is 4.56. The van der Waals surface area contributed by atoms with Crippen LogP contribution in [0.4, 0.5) is 4.39 Å². The molecule has 0 saturated heterocycles. The molecule has 0 amide bonds. The first-order valence-electron chi connectivity index (χ1n) is 6.22. The fraction of sp³-hybridized carbons (Fsp3) is 0.357. The number of halogens is 2. The predicted molar refractivity (Wildman–Crippen MR) is 72.7 cm³/mol. The molecule has 19 heavy (non-hydrogen) atoms. The van der Waals surface area contributed by atoms with E-state index in [-0.39, 0.29) is 11.4 Å². The minimum atomic E-state index is -0.680. The molecule has 1 aromatic carbocycles. The summed E-state index contributed by atoms with van der Waals surface area (Å²) in [6, 6.07) is 4.81. The predicted octanol–water partition coefficient (Wildman–Crippen LogP) is 2.84. The Morgan fingerprint density at radius 3 is 2.95 bits per heavy atom. The lowest BCUT2D eigenvalue weighted by atomic mass is 10.0. The first kappa shape index (κ1) is 14.0. The van der Waals surface area contributed by atoms with Crippen LogP contribution in [0.5, 0.6) is 0 Å². The molecule has 0 aliphatic carbocycles. The molecule has 1 unspecified atom stereocenters. The molecule has 2 rings (SSSR count). The smallest absolute Gasteiger partial charge is 0.145 e. The second kappa shape index (κ2) is 6.17. The summed E-state index contributed by atoms with van der Waals surface area (Å²) in [5, 5.41) is 10.1. The van der Waals surface area contributed by atoms with Crippen molar-refractivity contribution in [2.24, 2.45) is 0 Å². The topological polar surface area (TPSA) is 38.0 Å². The van der Waals surface area contributed by atoms with E-state index in [0.29, 0.717) is 12.0 Å². The van der Waals surface area contributed by atoms with Gasteiger partial charge in [0.25, 0.3) is 0 Å². The Hall–Kier alpha value is -1.39. The van der Waals surface area contributed by atoms with Crippen LogP contribution in [0.1, 0.15) is 18.3 Å². The van der Waals surface area contributed by atoms with Gasteiger partial charge in [-0.05, 0) is 18.6 Å². The zero-order valence-corrected chi connectivity index (χ0v) is 11.4. The van der Waals surface area contributed by atoms with Crippen LogP contribution in [0.3, 0.4) is 0 Å². The number of aliphatic hydroxyl groups is 1. The fourth-order valence-corrected chi connectivity index (χ4v) is 2.25. The van der Waals surface area contributed by atoms with Gasteiger partial charge >= 0.3 is 0 Å². The molecule has 1 atom stereocenters. The molecule has 1 heterocycles. The lowest BCUT2D eigenvalue weighted by molar-refractivity contribution is 0.170. The highest BCUT2D eigenvalue weighted by molar-refractivity contribution is 6.30. The molecule has 1 N–H and O–H groups in total. The Morgan fingerprint density at radius 1 is 1.42 bits per heavy atom. The van der Waals surface area contributed by atoms with Crippen LogP contribution in [0.15, 0.2) is 30.6 Å². The van der Waals surface area contributed by atoms with Gasteiger partial charge in [0, 0.05) is 31.8 Å². The number of aromatic nitrogens is 2. The fourth-order valence-electron chi connectivity index (χ4n) is 2.06. The molecule has 2 aromatic rings. The standard InChI is InChI=1S/C14H16ClFN2O/c1-2-18-7-6-17-13(18)9-11(19)8-10-4-3-5-12(15)14(10)16/h3-7,11,19H,2,8-9H2,1H3. The van der Waals surface area contributed by atoms with Crippen LogP contribution < -0.4 is 0 Å². The number of benzene rings is 1. The second-order valence-electron chi connectivity index (χ2n) is 4.40. The first-order valence-corrected chi connectivity index (χ1v) is 6.60. The summed E-state index contributed by atoms with van der Waals surface area (Å²) < 4.78 is 15.7. The van der Waals surface area contributed by atoms with E-state index in [1.165, 1.54) is 6.07 Å². The van der Waals surface area contributed by atoms with Crippen molar-refractivity contribution >= 4 is 11.6 Å². The molecule has 5 heteroatoms. The largest absolute Gasteiger partial charge is 0.392 e. The Labute approximate surface area is 116 Å². The van der Waals surface area contributed by atoms with E-state index in [9.17, 15) is 9.50 Å². The van der Waals surface area contributed by atoms with Gasteiger partial charge in [-0.1, -0.05) is 23.7 Å². The lowest BCUT2D eigenvalue weighted by Crippen LogP contribution is -2.18. The van der Waals surface area contributed by atoms with Crippen LogP contribution >= 0.6 is 11.6 Å². The van der Waals surface area contributed by atoms with E-state index < -0.39 is 11.9 Å². The van der Waals surface area contributed by atoms with E-state index in [0.717, 1.165) is 12.4 Å². The maximum Gasteiger partial charge on any atom is 0.145 e. The van der Waals surface area contributed by atoms with Crippen molar-refractivity contribution in [2.75, 3.05) is 0 Å². The van der Waals surface area contributed by atoms with Gasteiger partial charge in [0.05, 0.1) is 11.1 Å². The summed E-state index contributed by atoms with van der Waals surface area (Å²) in [5.74, 6) is 0.347. The van der Waals surface area contributed by atoms with Crippen LogP contribution in [-0.2, 0) is 19.4 Å². The van der Waals surface area contributed by atoms with E-state index in [1.807, 2.05) is 17.7 Å². The maximum atomic E-state index is 13.7. The molecule has 0 fully saturated rings. The monoisotopic (exact) mass is 282 g/mol. The summed E-state index contributed by atoms with van der Waals surface area (Å²) in [4.78, 5) is 4.19. The SMILES string of the molecule is CCn1ccnc1CC(O)Cc1cccc(Cl)c1F. The minimum Gasteiger partial charge on any atom is -0.392 e. The van der Waals surface area contributed by atoms with E-state index in [2.05, 4.69) is 4.98 Å². The molecule has 0 spiro atoms. The minimum absolute atomic E-state index is 0.0831. The number of hydrogen-bond donors (Lipinski definition) is 1. The van der Waals surface area contributed by atoms with E-state index in [4.69, 9.17) is 11.6 Å². The molecule has 1 aromatic heterocycles. The van der Waals surface area contributed by atoms with Crippen molar-refractivity contribution in [1.29, 1.82) is 0 Å². The summed E-state index contributed by atoms with van der Waals surface area (Å²) in [5.41, 5.74) is 0.426. The average Bonchev–Trinajstić information content (AvgIpc) is 2.82. The van der Waals surface area contributed by atoms with Gasteiger partial charge in [0.2, 0.25) is 0 Å². The van der Waals surface area contributed by atoms with Gasteiger partial charge in [0.1, 0.15) is 11.6 Å². The quantitative estimate of drug-likeness (QED) is 0.916. The molecule has 0 radical (unpaired) electrons. The summed E-state index contributed by atoms with van der Waals surface area (Å²) >= 11 is 5.71. The van der Waals surface area contributed by atoms with Crippen molar-refractivity contribution < 1.29 is 9.50 Å². The number of aliphatic hydroxyl groups excluding tert-OH is 1. The Morgan fingerprint density at radius 2 is 2.21 bits per heavy atom. The van der Waals surface area contributed by atoms with E-state index in [1.54, 1.807) is 18.3 Å². The zero-order chi connectivity index (χ0) is 13.8. The van der Waals surface area contributed by atoms with Crippen molar-refractivity contribution in [3.63, 3.8) is 0 Å². The third-order valence-corrected chi connectivity index (χ3v) is 3.34. The number of imidazole rings is 1. The second-order valence-corrected chi connectivity index (χ2v) is 4.81. The number of aryl methyl sites for hydroxylation is 1. The molecule has 102 valence electrons. The van der Waals surface area contributed by atoms with E-state index >= 15 is 0 Å². The van der Waals surface area contributed by atoms with Crippen LogP contribution in [0.2, 0.25) is 5.02 Å². The van der Waals surface area contributed by atoms with Crippen molar-refractivity contribution in [3.8, 4) is 0 Å². The number of hydrogen-bond acceptors (Lipinski definition) is 2. The summed E-state index contributed by atoms with van der Waals surface area (Å²) in [6.45, 7) is 2.81. The van der Waals surface area contributed by atoms with Gasteiger partial charge in [0.15, 0.2) is 0 Å². The highest BCUT2D eigenvalue weighted by Gasteiger charge is 2.14. The molecular formula is C14H16ClFN2O. The van der Waals surface area contributed by atoms with Crippen LogP contribution in [0.25, 0.3) is 0 Å². The van der Waals surface area contributed by atoms with Crippen molar-refractivity contribution in [1.82, 2.24) is 9.55 Å². The molecule has 0 aliphatic rings. The first-order chi connectivity index (χ1) is 9.11. The van der Waals surface area contributed by atoms with Crippen molar-refractivity contribution in [2.45, 2.75) is 32.4 Å². The molecule has 0 aliphatic heterocycles. The van der Waals surface area contributed by atoms with Gasteiger partial charge < -0.3 is 9.67 Å². The molecule has 0 bridgehead atoms. The van der Waals surface area contributed by atoms with Crippen LogP contribution in [-0.4, -0.2) is 20.8 Å². The molecular weight excluding hydrogens is 267 g/mol. The zero-order valence-electron chi connectivity index (χ0n) is 10.7. The van der Waals surface area contributed by atoms with Gasteiger partial charge in [-0.3, -0.25) is 0 Å². The maximum absolute atomic E-state index is 13.7. The Bertz CT molecular complexity index is 556. The molecule has 3 nitrogen and oxygen atoms in total. The normalized spacial score (nSPS) is 12.6. The van der Waals surface area contributed by atoms with Gasteiger partial charge in [-0.15, -0.1) is 0 Å². The molecule has 0 saturated carbocycles. The summed E-state index contributed by atoms with van der Waals surface area (Å²) in [7, 11) is 0. The Balaban J connectivity index is 2.05.